The van der Waals surface area contributed by atoms with Gasteiger partial charge in [0.05, 0.1) is 22.8 Å². The van der Waals surface area contributed by atoms with Crippen LogP contribution in [0.4, 0.5) is 11.5 Å². The van der Waals surface area contributed by atoms with Crippen LogP contribution in [0.1, 0.15) is 19.8 Å². The molecule has 1 aromatic carbocycles. The molecule has 0 N–H and O–H groups in total. The summed E-state index contributed by atoms with van der Waals surface area (Å²) in [5.41, 5.74) is 1.54. The molecule has 1 aliphatic rings. The maximum Gasteiger partial charge on any atom is 0.310 e. The number of hydrogen-bond donors (Lipinski definition) is 0. The first-order valence-corrected chi connectivity index (χ1v) is 10.8. The molecule has 1 atom stereocenters. The molecule has 3 aromatic rings. The Bertz CT molecular complexity index is 1120. The summed E-state index contributed by atoms with van der Waals surface area (Å²) in [5, 5.41) is 14.0. The number of nitrogens with zero attached hydrogens (tertiary/aromatic N) is 4. The minimum Gasteiger partial charge on any atom is -0.466 e. The number of nitro groups is 1. The molecule has 0 saturated carbocycles. The van der Waals surface area contributed by atoms with Gasteiger partial charge in [0.25, 0.3) is 5.69 Å². The standard InChI is InChI=1S/C20H19ClN4O4S/c1-2-29-19(26)13-6-4-8-24(10-13)17-16-15(11-30-18(16)23-20(21)22-17)12-5-3-7-14(9-12)25(27)28/h3,5,7,9,11,13H,2,4,6,8,10H2,1H3. The topological polar surface area (TPSA) is 98.5 Å². The van der Waals surface area contributed by atoms with Gasteiger partial charge in [-0.3, -0.25) is 14.9 Å². The van der Waals surface area contributed by atoms with E-state index in [-0.39, 0.29) is 22.9 Å². The largest absolute Gasteiger partial charge is 0.466 e. The fraction of sp³-hybridized carbons (Fsp3) is 0.350. The molecule has 1 fully saturated rings. The van der Waals surface area contributed by atoms with E-state index in [2.05, 4.69) is 9.97 Å². The van der Waals surface area contributed by atoms with Crippen LogP contribution in [0.3, 0.4) is 0 Å². The highest BCUT2D eigenvalue weighted by Gasteiger charge is 2.30. The fourth-order valence-corrected chi connectivity index (χ4v) is 4.90. The third-order valence-corrected chi connectivity index (χ3v) is 6.14. The first-order chi connectivity index (χ1) is 14.5. The lowest BCUT2D eigenvalue weighted by Gasteiger charge is -2.33. The van der Waals surface area contributed by atoms with Crippen molar-refractivity contribution in [2.75, 3.05) is 24.6 Å². The molecule has 3 heterocycles. The lowest BCUT2D eigenvalue weighted by atomic mass is 9.97. The number of rotatable bonds is 5. The number of carbonyl (C=O) groups excluding carboxylic acids is 1. The van der Waals surface area contributed by atoms with Gasteiger partial charge in [-0.15, -0.1) is 11.3 Å². The Morgan fingerprint density at radius 2 is 2.27 bits per heavy atom. The number of halogens is 1. The zero-order valence-electron chi connectivity index (χ0n) is 16.2. The predicted octanol–water partition coefficient (Wildman–Crippen LogP) is 4.70. The van der Waals surface area contributed by atoms with E-state index < -0.39 is 4.92 Å². The van der Waals surface area contributed by atoms with Gasteiger partial charge < -0.3 is 9.64 Å². The monoisotopic (exact) mass is 446 g/mol. The summed E-state index contributed by atoms with van der Waals surface area (Å²) >= 11 is 7.60. The van der Waals surface area contributed by atoms with Gasteiger partial charge in [0.2, 0.25) is 5.28 Å². The van der Waals surface area contributed by atoms with E-state index in [4.69, 9.17) is 16.3 Å². The quantitative estimate of drug-likeness (QED) is 0.242. The van der Waals surface area contributed by atoms with Gasteiger partial charge in [-0.05, 0) is 36.9 Å². The fourth-order valence-electron chi connectivity index (χ4n) is 3.75. The molecule has 10 heteroatoms. The van der Waals surface area contributed by atoms with E-state index >= 15 is 0 Å². The van der Waals surface area contributed by atoms with Crippen LogP contribution < -0.4 is 4.90 Å². The molecule has 0 bridgehead atoms. The zero-order chi connectivity index (χ0) is 21.3. The van der Waals surface area contributed by atoms with E-state index in [0.717, 1.165) is 30.3 Å². The average molecular weight is 447 g/mol. The van der Waals surface area contributed by atoms with Crippen molar-refractivity contribution in [3.05, 3.63) is 45.0 Å². The number of hydrogen-bond acceptors (Lipinski definition) is 8. The highest BCUT2D eigenvalue weighted by molar-refractivity contribution is 7.17. The predicted molar refractivity (Wildman–Crippen MR) is 116 cm³/mol. The molecule has 1 aliphatic heterocycles. The van der Waals surface area contributed by atoms with Gasteiger partial charge >= 0.3 is 5.97 Å². The molecule has 1 saturated heterocycles. The Morgan fingerprint density at radius 3 is 3.03 bits per heavy atom. The van der Waals surface area contributed by atoms with Crippen molar-refractivity contribution in [3.63, 3.8) is 0 Å². The molecule has 30 heavy (non-hydrogen) atoms. The van der Waals surface area contributed by atoms with Crippen LogP contribution in [0, 0.1) is 16.0 Å². The lowest BCUT2D eigenvalue weighted by molar-refractivity contribution is -0.384. The summed E-state index contributed by atoms with van der Waals surface area (Å²) in [5.74, 6) is 0.201. The lowest BCUT2D eigenvalue weighted by Crippen LogP contribution is -2.40. The highest BCUT2D eigenvalue weighted by atomic mass is 35.5. The summed E-state index contributed by atoms with van der Waals surface area (Å²) in [7, 11) is 0. The normalized spacial score (nSPS) is 16.6. The summed E-state index contributed by atoms with van der Waals surface area (Å²) < 4.78 is 5.20. The van der Waals surface area contributed by atoms with Gasteiger partial charge in [0.1, 0.15) is 10.6 Å². The van der Waals surface area contributed by atoms with Crippen LogP contribution in [0.2, 0.25) is 5.28 Å². The van der Waals surface area contributed by atoms with E-state index in [9.17, 15) is 14.9 Å². The summed E-state index contributed by atoms with van der Waals surface area (Å²) in [4.78, 5) is 34.6. The molecule has 0 amide bonds. The van der Waals surface area contributed by atoms with Crippen molar-refractivity contribution >= 4 is 50.6 Å². The third kappa shape index (κ3) is 3.95. The van der Waals surface area contributed by atoms with Crippen molar-refractivity contribution in [2.45, 2.75) is 19.8 Å². The number of nitro benzene ring substituents is 1. The Morgan fingerprint density at radius 1 is 1.43 bits per heavy atom. The smallest absolute Gasteiger partial charge is 0.310 e. The molecular formula is C20H19ClN4O4S. The van der Waals surface area contributed by atoms with Crippen LogP contribution in [0.25, 0.3) is 21.3 Å². The number of benzene rings is 1. The molecule has 0 spiro atoms. The molecule has 8 nitrogen and oxygen atoms in total. The first kappa shape index (κ1) is 20.5. The maximum absolute atomic E-state index is 12.3. The SMILES string of the molecule is CCOC(=O)C1CCCN(c2nc(Cl)nc3scc(-c4cccc([N+](=O)[O-])c4)c23)C1. The number of carbonyl (C=O) groups is 1. The van der Waals surface area contributed by atoms with E-state index in [1.165, 1.54) is 23.5 Å². The Balaban J connectivity index is 1.79. The Kier molecular flexibility index (Phi) is 5.83. The van der Waals surface area contributed by atoms with E-state index in [1.54, 1.807) is 13.0 Å². The number of thiophene rings is 1. The first-order valence-electron chi connectivity index (χ1n) is 9.59. The van der Waals surface area contributed by atoms with Gasteiger partial charge in [-0.1, -0.05) is 12.1 Å². The van der Waals surface area contributed by atoms with Crippen molar-refractivity contribution in [1.82, 2.24) is 9.97 Å². The van der Waals surface area contributed by atoms with Crippen LogP contribution in [-0.4, -0.2) is 40.6 Å². The molecule has 2 aromatic heterocycles. The molecule has 156 valence electrons. The summed E-state index contributed by atoms with van der Waals surface area (Å²) in [6.07, 6.45) is 1.58. The molecule has 0 radical (unpaired) electrons. The van der Waals surface area contributed by atoms with Gasteiger partial charge in [-0.25, -0.2) is 4.98 Å². The molecular weight excluding hydrogens is 428 g/mol. The van der Waals surface area contributed by atoms with Crippen molar-refractivity contribution in [1.29, 1.82) is 0 Å². The Labute approximate surface area is 181 Å². The second kappa shape index (κ2) is 8.53. The minimum absolute atomic E-state index is 0.0172. The second-order valence-electron chi connectivity index (χ2n) is 6.99. The summed E-state index contributed by atoms with van der Waals surface area (Å²) in [6.45, 7) is 3.34. The number of ether oxygens (including phenoxy) is 1. The highest BCUT2D eigenvalue weighted by Crippen LogP contribution is 2.40. The molecule has 1 unspecified atom stereocenters. The number of aromatic nitrogens is 2. The van der Waals surface area contributed by atoms with E-state index in [0.29, 0.717) is 29.4 Å². The number of non-ortho nitro benzene ring substituents is 1. The summed E-state index contributed by atoms with van der Waals surface area (Å²) in [6, 6.07) is 6.48. The maximum atomic E-state index is 12.3. The van der Waals surface area contributed by atoms with Crippen LogP contribution in [-0.2, 0) is 9.53 Å². The van der Waals surface area contributed by atoms with Gasteiger partial charge in [0, 0.05) is 36.2 Å². The van der Waals surface area contributed by atoms with Gasteiger partial charge in [0.15, 0.2) is 0 Å². The Hall–Kier alpha value is -2.78. The van der Waals surface area contributed by atoms with E-state index in [1.807, 2.05) is 16.3 Å². The zero-order valence-corrected chi connectivity index (χ0v) is 17.8. The third-order valence-electron chi connectivity index (χ3n) is 5.10. The second-order valence-corrected chi connectivity index (χ2v) is 8.19. The van der Waals surface area contributed by atoms with Crippen LogP contribution in [0.5, 0.6) is 0 Å². The van der Waals surface area contributed by atoms with Gasteiger partial charge in [-0.2, -0.15) is 4.98 Å². The molecule has 4 rings (SSSR count). The van der Waals surface area contributed by atoms with Crippen LogP contribution in [0.15, 0.2) is 29.6 Å². The van der Waals surface area contributed by atoms with Crippen LogP contribution >= 0.6 is 22.9 Å². The van der Waals surface area contributed by atoms with Crippen molar-refractivity contribution < 1.29 is 14.5 Å². The number of fused-ring (bicyclic) bond motifs is 1. The number of anilines is 1. The molecule has 0 aliphatic carbocycles. The number of piperidine rings is 1. The van der Waals surface area contributed by atoms with Crippen molar-refractivity contribution in [3.8, 4) is 11.1 Å². The minimum atomic E-state index is -0.416. The number of esters is 1. The van der Waals surface area contributed by atoms with Crippen molar-refractivity contribution in [2.24, 2.45) is 5.92 Å². The average Bonchev–Trinajstić information content (AvgIpc) is 3.17.